The van der Waals surface area contributed by atoms with Crippen LogP contribution in [0, 0.1) is 15.9 Å². The van der Waals surface area contributed by atoms with E-state index < -0.39 is 0 Å². The minimum absolute atomic E-state index is 0.108. The molecule has 12 aromatic rings. The van der Waals surface area contributed by atoms with Crippen LogP contribution in [-0.2, 0) is 41.0 Å². The summed E-state index contributed by atoms with van der Waals surface area (Å²) >= 11 is 2.52. The van der Waals surface area contributed by atoms with Crippen molar-refractivity contribution in [2.45, 2.75) is 105 Å². The number of hydrogen-bond acceptors (Lipinski definition) is 4. The van der Waals surface area contributed by atoms with E-state index in [0.29, 0.717) is 11.5 Å². The van der Waals surface area contributed by atoms with Crippen molar-refractivity contribution >= 4 is 45.3 Å². The van der Waals surface area contributed by atoms with Crippen molar-refractivity contribution in [3.8, 4) is 67.4 Å². The Hall–Kier alpha value is -9.09. The third-order valence-corrected chi connectivity index (χ3v) is 18.2. The molecule has 0 unspecified atom stereocenters. The zero-order valence-electron chi connectivity index (χ0n) is 53.0. The van der Waals surface area contributed by atoms with Gasteiger partial charge in [0, 0.05) is 17.4 Å². The molecule has 1 aliphatic heterocycles. The number of pyridine rings is 1. The van der Waals surface area contributed by atoms with Crippen LogP contribution in [0.5, 0.6) is 11.5 Å². The second-order valence-corrected chi connectivity index (χ2v) is 28.5. The number of anilines is 6. The van der Waals surface area contributed by atoms with Crippen LogP contribution in [-0.4, -0.2) is 14.1 Å². The first-order valence-electron chi connectivity index (χ1n) is 30.9. The normalized spacial score (nSPS) is 12.7. The molecule has 3 heterocycles. The van der Waals surface area contributed by atoms with Crippen LogP contribution in [0.3, 0.4) is 0 Å². The molecule has 0 radical (unpaired) electrons. The molecule has 2 aromatic heterocycles. The van der Waals surface area contributed by atoms with Gasteiger partial charge in [0.15, 0.2) is 0 Å². The number of fused-ring (bicyclic) bond motifs is 7. The van der Waals surface area contributed by atoms with Crippen LogP contribution in [0.4, 0.5) is 34.3 Å². The molecule has 0 saturated heterocycles. The maximum atomic E-state index is 7.20. The number of nitrogens with zero attached hydrogens (tertiary/aromatic N) is 5. The van der Waals surface area contributed by atoms with E-state index >= 15 is 0 Å². The van der Waals surface area contributed by atoms with E-state index in [1.165, 1.54) is 22.3 Å². The number of ether oxygens (including phenoxy) is 1. The summed E-state index contributed by atoms with van der Waals surface area (Å²) < 4.78 is 12.9. The fourth-order valence-corrected chi connectivity index (χ4v) is 13.3. The van der Waals surface area contributed by atoms with E-state index in [1.54, 1.807) is 0 Å². The summed E-state index contributed by atoms with van der Waals surface area (Å²) in [7, 11) is 0. The number of rotatable bonds is 8. The second kappa shape index (κ2) is 22.8. The molecule has 1 aliphatic rings. The van der Waals surface area contributed by atoms with E-state index in [9.17, 15) is 0 Å². The molecule has 0 N–H and O–H groups in total. The molecule has 0 saturated carbocycles. The van der Waals surface area contributed by atoms with E-state index in [-0.39, 0.29) is 21.7 Å². The molecule has 7 heteroatoms. The molecule has 0 amide bonds. The minimum atomic E-state index is -0.169. The van der Waals surface area contributed by atoms with Gasteiger partial charge in [-0.15, -0.1) is 0 Å². The third kappa shape index (κ3) is 11.2. The van der Waals surface area contributed by atoms with Crippen molar-refractivity contribution < 1.29 is 24.1 Å². The Kier molecular flexibility index (Phi) is 15.1. The van der Waals surface area contributed by atoms with Gasteiger partial charge in [0.05, 0.1) is 5.69 Å². The van der Waals surface area contributed by atoms with Crippen LogP contribution in [0.15, 0.2) is 237 Å². The van der Waals surface area contributed by atoms with Gasteiger partial charge in [-0.1, -0.05) is 111 Å². The fraction of sp³-hybridized carbons (Fsp3) is 0.195. The number of benzene rings is 10. The predicted molar refractivity (Wildman–Crippen MR) is 367 cm³/mol. The Morgan fingerprint density at radius 1 is 0.371 bits per heavy atom. The summed E-state index contributed by atoms with van der Waals surface area (Å²) in [6, 6.07) is 91.4. The Morgan fingerprint density at radius 3 is 1.44 bits per heavy atom. The van der Waals surface area contributed by atoms with Crippen molar-refractivity contribution in [2.24, 2.45) is 0 Å². The van der Waals surface area contributed by atoms with Gasteiger partial charge in [-0.05, 0) is 69.3 Å². The van der Waals surface area contributed by atoms with Crippen molar-refractivity contribution in [3.05, 3.63) is 275 Å². The topological polar surface area (TPSA) is 38.5 Å². The van der Waals surface area contributed by atoms with Crippen LogP contribution < -0.4 is 14.5 Å². The van der Waals surface area contributed by atoms with Crippen LogP contribution in [0.1, 0.15) is 105 Å². The molecule has 0 spiro atoms. The molecule has 0 fully saturated rings. The first kappa shape index (κ1) is 58.9. The summed E-state index contributed by atoms with van der Waals surface area (Å²) in [5.74, 6) is 1.86. The summed E-state index contributed by atoms with van der Waals surface area (Å²) in [5, 5.41) is 0. The Balaban J connectivity index is 1.04. The SMILES string of the molecule is CC(C)(C)c1ccnc(N2c3[c-]c(Oc4[c-]c(-n5[c](=[Pt])n(-c6c(-c7ccccc7)cc(C(C)(C)C)cc6-c6ccccc6)c6ccccc65)ccc4)ccc3-c3cc(C(C)(C)C)ccc3N(c3ccccc3)c3ccc(C(C)(C)C)cc3-c3ccccc32)c1. The predicted octanol–water partition coefficient (Wildman–Crippen LogP) is 22.4. The zero-order chi connectivity index (χ0) is 62.1. The monoisotopic (exact) mass is 1340 g/mol. The molecule has 6 nitrogen and oxygen atoms in total. The second-order valence-electron chi connectivity index (χ2n) is 27.5. The molecule has 446 valence electrons. The maximum absolute atomic E-state index is 7.20. The van der Waals surface area contributed by atoms with E-state index in [1.807, 2.05) is 12.3 Å². The van der Waals surface area contributed by atoms with E-state index in [2.05, 4.69) is 358 Å². The van der Waals surface area contributed by atoms with Gasteiger partial charge in [0.25, 0.3) is 0 Å². The van der Waals surface area contributed by atoms with Gasteiger partial charge in [-0.2, -0.15) is 0 Å². The van der Waals surface area contributed by atoms with Gasteiger partial charge in [0.2, 0.25) is 0 Å². The van der Waals surface area contributed by atoms with Crippen LogP contribution in [0.25, 0.3) is 66.9 Å². The molecule has 10 aromatic carbocycles. The van der Waals surface area contributed by atoms with Crippen LogP contribution in [0.2, 0.25) is 0 Å². The summed E-state index contributed by atoms with van der Waals surface area (Å²) in [6.07, 6.45) is 1.95. The van der Waals surface area contributed by atoms with Crippen molar-refractivity contribution in [1.82, 2.24) is 14.1 Å². The van der Waals surface area contributed by atoms with E-state index in [4.69, 9.17) is 9.72 Å². The molecular weight excluding hydrogens is 1270 g/mol. The zero-order valence-corrected chi connectivity index (χ0v) is 55.2. The van der Waals surface area contributed by atoms with Gasteiger partial charge in [-0.3, -0.25) is 0 Å². The number of aromatic nitrogens is 3. The Morgan fingerprint density at radius 2 is 0.854 bits per heavy atom. The summed E-state index contributed by atoms with van der Waals surface area (Å²) in [5.41, 5.74) is 22.1. The molecule has 0 atom stereocenters. The molecule has 0 bridgehead atoms. The third-order valence-electron chi connectivity index (χ3n) is 17.2. The van der Waals surface area contributed by atoms with Crippen LogP contribution >= 0.6 is 0 Å². The van der Waals surface area contributed by atoms with Crippen molar-refractivity contribution in [2.75, 3.05) is 9.80 Å². The quantitative estimate of drug-likeness (QED) is 0.142. The molecular formula is C82H75N5OPt-2. The standard InChI is InChI=1S/C82H75N5O.Pt/c1-79(2,3)57-39-43-72-69(47-57)65-35-22-23-36-71(65)87(77-51-59(45-46-83-77)81(7,8)9)76-53-64(41-42-66(76)70-48-58(80(4,5)6)40-44-73(70)86(72)61-31-20-15-21-32-61)88-63-34-26-33-62(52-63)84-54-85(75-38-25-24-37-74(75)84)78-67(55-27-16-13-17-28-55)49-60(82(10,11)12)50-68(78)56-29-18-14-19-30-56;/h13-51H,1-12H3;/q-2;. The van der Waals surface area contributed by atoms with Gasteiger partial charge in [0.1, 0.15) is 0 Å². The Bertz CT molecular complexity index is 4640. The first-order valence-corrected chi connectivity index (χ1v) is 32.0. The van der Waals surface area contributed by atoms with Crippen molar-refractivity contribution in [1.29, 1.82) is 0 Å². The fourth-order valence-electron chi connectivity index (χ4n) is 12.3. The average molecular weight is 1340 g/mol. The first-order chi connectivity index (χ1) is 42.6. The summed E-state index contributed by atoms with van der Waals surface area (Å²) in [4.78, 5) is 10.1. The number of para-hydroxylation sites is 4. The molecule has 0 aliphatic carbocycles. The Labute approximate surface area is 536 Å². The van der Waals surface area contributed by atoms with Gasteiger partial charge in [-0.25, -0.2) is 0 Å². The van der Waals surface area contributed by atoms with Gasteiger partial charge >= 0.3 is 332 Å². The average Bonchev–Trinajstić information content (AvgIpc) is 1.91. The van der Waals surface area contributed by atoms with Gasteiger partial charge < -0.3 is 4.90 Å². The number of imidazole rings is 1. The number of hydrogen-bond donors (Lipinski definition) is 0. The molecule has 89 heavy (non-hydrogen) atoms. The van der Waals surface area contributed by atoms with Crippen molar-refractivity contribution in [3.63, 3.8) is 0 Å². The summed E-state index contributed by atoms with van der Waals surface area (Å²) in [6.45, 7) is 27.4. The molecule has 13 rings (SSSR count). The van der Waals surface area contributed by atoms with E-state index in [0.717, 1.165) is 105 Å².